The van der Waals surface area contributed by atoms with Crippen LogP contribution < -0.4 is 16.2 Å². The molecule has 0 amide bonds. The molecule has 0 fully saturated rings. The fraction of sp³-hybridized carbons (Fsp3) is 0.160. The predicted octanol–water partition coefficient (Wildman–Crippen LogP) is 6.28. The van der Waals surface area contributed by atoms with E-state index in [2.05, 4.69) is 4.98 Å². The van der Waals surface area contributed by atoms with Crippen LogP contribution in [-0.2, 0) is 12.4 Å². The third-order valence-electron chi connectivity index (χ3n) is 5.43. The zero-order valence-corrected chi connectivity index (χ0v) is 19.0. The molecule has 2 nitrogen and oxygen atoms in total. The Bertz CT molecular complexity index is 1280. The molecule has 3 aromatic carbocycles. The van der Waals surface area contributed by atoms with Crippen LogP contribution in [0.2, 0.25) is 0 Å². The van der Waals surface area contributed by atoms with Gasteiger partial charge in [-0.2, -0.15) is 26.3 Å². The minimum absolute atomic E-state index is 0.0394. The highest BCUT2D eigenvalue weighted by Gasteiger charge is 2.43. The highest BCUT2D eigenvalue weighted by atomic mass is 31.1. The van der Waals surface area contributed by atoms with Gasteiger partial charge in [0.25, 0.3) is 0 Å². The average Bonchev–Trinajstić information content (AvgIpc) is 3.24. The Morgan fingerprint density at radius 1 is 0.706 bits per heavy atom. The van der Waals surface area contributed by atoms with Crippen molar-refractivity contribution in [3.05, 3.63) is 101 Å². The summed E-state index contributed by atoms with van der Waals surface area (Å²) >= 11 is 0. The molecule has 1 heterocycles. The first-order valence-corrected chi connectivity index (χ1v) is 11.6. The number of rotatable bonds is 4. The smallest absolute Gasteiger partial charge is 0.300 e. The van der Waals surface area contributed by atoms with Crippen molar-refractivity contribution in [1.29, 1.82) is 0 Å². The Morgan fingerprint density at radius 3 is 1.74 bits per heavy atom. The number of aromatic nitrogens is 2. The molecule has 0 saturated heterocycles. The lowest BCUT2D eigenvalue weighted by Crippen LogP contribution is -2.29. The molecule has 1 aromatic heterocycles. The number of benzene rings is 3. The van der Waals surface area contributed by atoms with Gasteiger partial charge in [-0.05, 0) is 53.8 Å². The molecule has 0 aliphatic carbocycles. The summed E-state index contributed by atoms with van der Waals surface area (Å²) < 4.78 is 82.0. The summed E-state index contributed by atoms with van der Waals surface area (Å²) in [4.78, 5) is 4.48. The Hall–Kier alpha value is -3.12. The maximum Gasteiger partial charge on any atom is 0.417 e. The lowest BCUT2D eigenvalue weighted by atomic mass is 10.1. The fourth-order valence-electron chi connectivity index (χ4n) is 3.80. The van der Waals surface area contributed by atoms with E-state index in [1.54, 1.807) is 0 Å². The van der Waals surface area contributed by atoms with Crippen LogP contribution >= 0.6 is 7.92 Å². The molecule has 176 valence electrons. The normalized spacial score (nSPS) is 12.4. The summed E-state index contributed by atoms with van der Waals surface area (Å²) in [6, 6.07) is 17.4. The maximum absolute atomic E-state index is 13.6. The van der Waals surface area contributed by atoms with E-state index >= 15 is 0 Å². The molecule has 0 N–H and O–H groups in total. The molecule has 34 heavy (non-hydrogen) atoms. The molecule has 0 radical (unpaired) electrons. The van der Waals surface area contributed by atoms with Crippen molar-refractivity contribution < 1.29 is 26.3 Å². The van der Waals surface area contributed by atoms with Gasteiger partial charge in [0.1, 0.15) is 5.57 Å². The van der Waals surface area contributed by atoms with Gasteiger partial charge in [-0.1, -0.05) is 48.5 Å². The first-order valence-electron chi connectivity index (χ1n) is 10.2. The molecule has 0 aliphatic rings. The van der Waals surface area contributed by atoms with Crippen molar-refractivity contribution in [3.63, 3.8) is 0 Å². The molecule has 0 bridgehead atoms. The summed E-state index contributed by atoms with van der Waals surface area (Å²) in [6.45, 7) is 3.88. The van der Waals surface area contributed by atoms with E-state index in [4.69, 9.17) is 0 Å². The summed E-state index contributed by atoms with van der Waals surface area (Å²) in [7, 11) is -1.31. The van der Waals surface area contributed by atoms with Crippen molar-refractivity contribution in [3.8, 4) is 5.69 Å². The van der Waals surface area contributed by atoms with Gasteiger partial charge in [-0.3, -0.25) is 4.57 Å². The zero-order chi connectivity index (χ0) is 24.7. The Balaban J connectivity index is 1.95. The zero-order valence-electron chi connectivity index (χ0n) is 18.1. The molecule has 9 heteroatoms. The second kappa shape index (κ2) is 8.91. The molecule has 4 rings (SSSR count). The van der Waals surface area contributed by atoms with Crippen molar-refractivity contribution in [2.75, 3.05) is 0 Å². The quantitative estimate of drug-likeness (QED) is 0.242. The minimum Gasteiger partial charge on any atom is -0.300 e. The van der Waals surface area contributed by atoms with E-state index in [1.807, 2.05) is 62.4 Å². The van der Waals surface area contributed by atoms with Gasteiger partial charge in [0.15, 0.2) is 0 Å². The average molecular weight is 492 g/mol. The van der Waals surface area contributed by atoms with Crippen LogP contribution in [-0.4, -0.2) is 9.55 Å². The Morgan fingerprint density at radius 2 is 1.24 bits per heavy atom. The van der Waals surface area contributed by atoms with Gasteiger partial charge < -0.3 is 0 Å². The van der Waals surface area contributed by atoms with E-state index in [9.17, 15) is 26.3 Å². The van der Waals surface area contributed by atoms with Gasteiger partial charge >= 0.3 is 12.4 Å². The van der Waals surface area contributed by atoms with E-state index in [-0.39, 0.29) is 5.69 Å². The van der Waals surface area contributed by atoms with Crippen molar-refractivity contribution in [2.45, 2.75) is 26.2 Å². The second-order valence-corrected chi connectivity index (χ2v) is 9.77. The van der Waals surface area contributed by atoms with Crippen LogP contribution in [0.5, 0.6) is 0 Å². The van der Waals surface area contributed by atoms with Crippen LogP contribution in [0.15, 0.2) is 79.1 Å². The number of alkyl halides is 6. The number of hydrogen-bond acceptors (Lipinski definition) is 1. The molecule has 0 aliphatic heterocycles. The van der Waals surface area contributed by atoms with Crippen LogP contribution in [0.25, 0.3) is 5.69 Å². The SMILES string of the molecule is Cc1ccccc1P(c1ccccc1C)c1nccn1-c1ccc(C(F)(F)F)c(C(F)(F)F)c1. The summed E-state index contributed by atoms with van der Waals surface area (Å²) in [6.07, 6.45) is -7.37. The van der Waals surface area contributed by atoms with Gasteiger partial charge in [-0.25, -0.2) is 4.98 Å². The second-order valence-electron chi connectivity index (χ2n) is 7.73. The number of nitrogens with zero attached hydrogens (tertiary/aromatic N) is 2. The number of imidazole rings is 1. The van der Waals surface area contributed by atoms with Gasteiger partial charge in [0, 0.05) is 26.0 Å². The lowest BCUT2D eigenvalue weighted by molar-refractivity contribution is -0.162. The Labute approximate surface area is 193 Å². The Kier molecular flexibility index (Phi) is 6.30. The molecule has 0 atom stereocenters. The van der Waals surface area contributed by atoms with Crippen molar-refractivity contribution >= 4 is 24.1 Å². The predicted molar refractivity (Wildman–Crippen MR) is 122 cm³/mol. The molecule has 4 aromatic rings. The molecular formula is C25H19F6N2P. The highest BCUT2D eigenvalue weighted by Crippen LogP contribution is 2.42. The molecule has 0 saturated carbocycles. The first-order chi connectivity index (χ1) is 16.0. The molecule has 0 unspecified atom stereocenters. The fourth-order valence-corrected chi connectivity index (χ4v) is 6.40. The first kappa shape index (κ1) is 24.0. The lowest BCUT2D eigenvalue weighted by Gasteiger charge is -2.23. The number of hydrogen-bond donors (Lipinski definition) is 0. The standard InChI is InChI=1S/C25H19F6N2P/c1-16-7-3-5-9-21(16)34(22-10-6-4-8-17(22)2)23-32-13-14-33(23)18-11-12-19(24(26,27)28)20(15-18)25(29,30)31/h3-15H,1-2H3. The summed E-state index contributed by atoms with van der Waals surface area (Å²) in [5, 5.41) is 1.92. The third-order valence-corrected chi connectivity index (χ3v) is 8.12. The largest absolute Gasteiger partial charge is 0.417 e. The van der Waals surface area contributed by atoms with Gasteiger partial charge in [0.05, 0.1) is 11.1 Å². The van der Waals surface area contributed by atoms with Crippen molar-refractivity contribution in [2.24, 2.45) is 0 Å². The molecule has 0 spiro atoms. The van der Waals surface area contributed by atoms with E-state index in [1.165, 1.54) is 17.0 Å². The van der Waals surface area contributed by atoms with E-state index < -0.39 is 31.4 Å². The van der Waals surface area contributed by atoms with Crippen LogP contribution in [0.3, 0.4) is 0 Å². The van der Waals surface area contributed by atoms with E-state index in [0.29, 0.717) is 17.7 Å². The van der Waals surface area contributed by atoms with E-state index in [0.717, 1.165) is 27.8 Å². The third kappa shape index (κ3) is 4.60. The monoisotopic (exact) mass is 492 g/mol. The number of aryl methyl sites for hydroxylation is 2. The topological polar surface area (TPSA) is 17.8 Å². The highest BCUT2D eigenvalue weighted by molar-refractivity contribution is 7.79. The maximum atomic E-state index is 13.6. The van der Waals surface area contributed by atoms with Crippen LogP contribution in [0.1, 0.15) is 22.3 Å². The van der Waals surface area contributed by atoms with Gasteiger partial charge in [0.2, 0.25) is 0 Å². The van der Waals surface area contributed by atoms with Gasteiger partial charge in [-0.15, -0.1) is 0 Å². The van der Waals surface area contributed by atoms with Crippen LogP contribution in [0.4, 0.5) is 26.3 Å². The van der Waals surface area contributed by atoms with Crippen LogP contribution in [0, 0.1) is 13.8 Å². The van der Waals surface area contributed by atoms with Crippen molar-refractivity contribution in [1.82, 2.24) is 9.55 Å². The molecular weight excluding hydrogens is 473 g/mol. The minimum atomic E-state index is -5.17. The summed E-state index contributed by atoms with van der Waals surface area (Å²) in [5.74, 6) is 0. The summed E-state index contributed by atoms with van der Waals surface area (Å²) in [5.41, 5.74) is -1.06. The number of halogens is 6.